The summed E-state index contributed by atoms with van der Waals surface area (Å²) in [5, 5.41) is 9.79. The maximum atomic E-state index is 14.4. The van der Waals surface area contributed by atoms with Crippen molar-refractivity contribution in [1.29, 1.82) is 0 Å². The second kappa shape index (κ2) is 9.72. The number of benzene rings is 1. The third-order valence-electron chi connectivity index (χ3n) is 6.32. The third-order valence-corrected chi connectivity index (χ3v) is 6.32. The van der Waals surface area contributed by atoms with Gasteiger partial charge in [0.15, 0.2) is 11.6 Å². The van der Waals surface area contributed by atoms with Gasteiger partial charge >= 0.3 is 0 Å². The van der Waals surface area contributed by atoms with Gasteiger partial charge in [-0.3, -0.25) is 9.78 Å². The highest BCUT2D eigenvalue weighted by molar-refractivity contribution is 6.07. The predicted molar refractivity (Wildman–Crippen MR) is 128 cm³/mol. The van der Waals surface area contributed by atoms with E-state index in [2.05, 4.69) is 25.9 Å². The molecule has 5 rings (SSSR count). The van der Waals surface area contributed by atoms with Gasteiger partial charge in [-0.25, -0.2) is 4.39 Å². The third kappa shape index (κ3) is 4.19. The number of carbonyl (C=O) groups is 1. The average molecular weight is 466 g/mol. The van der Waals surface area contributed by atoms with Crippen LogP contribution in [0.4, 0.5) is 15.8 Å². The molecule has 2 aliphatic heterocycles. The molecule has 0 saturated heterocycles. The molecule has 1 aromatic carbocycles. The molecule has 4 heterocycles. The zero-order valence-corrected chi connectivity index (χ0v) is 19.0. The second-order valence-corrected chi connectivity index (χ2v) is 8.48. The molecule has 34 heavy (non-hydrogen) atoms. The molecule has 2 bridgehead atoms. The molecule has 2 aromatic heterocycles. The Labute approximate surface area is 197 Å². The Morgan fingerprint density at radius 2 is 2.12 bits per heavy atom. The molecular formula is C25H28FN5O3. The minimum atomic E-state index is -0.486. The van der Waals surface area contributed by atoms with Crippen LogP contribution in [0.5, 0.6) is 11.5 Å². The highest BCUT2D eigenvalue weighted by atomic mass is 19.1. The number of pyridine rings is 1. The number of rotatable bonds is 3. The van der Waals surface area contributed by atoms with Crippen LogP contribution in [0.15, 0.2) is 36.7 Å². The van der Waals surface area contributed by atoms with Crippen molar-refractivity contribution >= 4 is 17.3 Å². The number of aromatic amines is 1. The smallest absolute Gasteiger partial charge is 0.255 e. The lowest BCUT2D eigenvalue weighted by Crippen LogP contribution is -2.35. The van der Waals surface area contributed by atoms with Crippen LogP contribution in [0, 0.1) is 5.82 Å². The molecule has 1 amide bonds. The summed E-state index contributed by atoms with van der Waals surface area (Å²) in [7, 11) is 1.42. The SMILES string of the molecule is COc1c(F)cccc1Nc1c2[nH]c3c1C(=O)NCC3CCCNCCCOc1cnccc1-2. The number of hydrogen-bond donors (Lipinski definition) is 4. The van der Waals surface area contributed by atoms with E-state index in [1.165, 1.54) is 13.2 Å². The summed E-state index contributed by atoms with van der Waals surface area (Å²) in [6.07, 6.45) is 6.14. The van der Waals surface area contributed by atoms with E-state index in [1.807, 2.05) is 6.07 Å². The van der Waals surface area contributed by atoms with Crippen molar-refractivity contribution in [3.63, 3.8) is 0 Å². The Kier molecular flexibility index (Phi) is 6.35. The van der Waals surface area contributed by atoms with Crippen LogP contribution >= 0.6 is 0 Å². The first-order chi connectivity index (χ1) is 16.7. The number of amides is 1. The largest absolute Gasteiger partial charge is 0.492 e. The summed E-state index contributed by atoms with van der Waals surface area (Å²) < 4.78 is 25.8. The number of methoxy groups -OCH3 is 1. The predicted octanol–water partition coefficient (Wildman–Crippen LogP) is 3.95. The minimum absolute atomic E-state index is 0.0827. The zero-order chi connectivity index (χ0) is 23.5. The maximum Gasteiger partial charge on any atom is 0.255 e. The van der Waals surface area contributed by atoms with Gasteiger partial charge in [-0.1, -0.05) is 6.07 Å². The maximum absolute atomic E-state index is 14.4. The van der Waals surface area contributed by atoms with Crippen molar-refractivity contribution in [2.45, 2.75) is 25.2 Å². The van der Waals surface area contributed by atoms with Crippen LogP contribution in [0.3, 0.4) is 0 Å². The summed E-state index contributed by atoms with van der Waals surface area (Å²) in [6, 6.07) is 6.52. The fraction of sp³-hybridized carbons (Fsp3) is 0.360. The fourth-order valence-corrected chi connectivity index (χ4v) is 4.67. The van der Waals surface area contributed by atoms with Crippen molar-refractivity contribution < 1.29 is 18.7 Å². The van der Waals surface area contributed by atoms with Crippen molar-refractivity contribution in [2.75, 3.05) is 38.7 Å². The first-order valence-corrected chi connectivity index (χ1v) is 11.6. The van der Waals surface area contributed by atoms with E-state index in [0.29, 0.717) is 41.5 Å². The summed E-state index contributed by atoms with van der Waals surface area (Å²) >= 11 is 0. The van der Waals surface area contributed by atoms with E-state index in [4.69, 9.17) is 9.47 Å². The quantitative estimate of drug-likeness (QED) is 0.468. The molecule has 178 valence electrons. The van der Waals surface area contributed by atoms with Crippen LogP contribution in [-0.4, -0.2) is 49.2 Å². The van der Waals surface area contributed by atoms with Gasteiger partial charge in [-0.15, -0.1) is 0 Å². The molecule has 0 radical (unpaired) electrons. The summed E-state index contributed by atoms with van der Waals surface area (Å²) in [4.78, 5) is 20.9. The number of nitrogens with zero attached hydrogens (tertiary/aromatic N) is 1. The number of halogens is 1. The fourth-order valence-electron chi connectivity index (χ4n) is 4.67. The number of H-pyrrole nitrogens is 1. The van der Waals surface area contributed by atoms with Gasteiger partial charge in [0.25, 0.3) is 5.91 Å². The highest BCUT2D eigenvalue weighted by Gasteiger charge is 2.33. The lowest BCUT2D eigenvalue weighted by molar-refractivity contribution is 0.0940. The van der Waals surface area contributed by atoms with E-state index in [1.54, 1.807) is 24.5 Å². The molecule has 2 aliphatic rings. The Hall–Kier alpha value is -3.59. The van der Waals surface area contributed by atoms with Gasteiger partial charge in [0.1, 0.15) is 5.75 Å². The van der Waals surface area contributed by atoms with Gasteiger partial charge in [0.05, 0.1) is 42.5 Å². The topological polar surface area (TPSA) is 100 Å². The molecule has 1 unspecified atom stereocenters. The first-order valence-electron chi connectivity index (χ1n) is 11.6. The summed E-state index contributed by atoms with van der Waals surface area (Å²) in [5.74, 6) is 0.168. The van der Waals surface area contributed by atoms with Crippen molar-refractivity contribution in [2.24, 2.45) is 0 Å². The van der Waals surface area contributed by atoms with Crippen molar-refractivity contribution in [3.05, 3.63) is 53.7 Å². The Bertz CT molecular complexity index is 1200. The molecule has 9 heteroatoms. The zero-order valence-electron chi connectivity index (χ0n) is 19.0. The average Bonchev–Trinajstić information content (AvgIpc) is 3.22. The van der Waals surface area contributed by atoms with Gasteiger partial charge in [0, 0.05) is 29.9 Å². The van der Waals surface area contributed by atoms with E-state index in [0.717, 1.165) is 43.6 Å². The standard InChI is InChI=1S/C25H28FN5O3/c1-33-24-17(26)6-2-7-18(24)30-23-20-21-15(13-29-25(20)32)5-3-9-27-10-4-12-34-19-14-28-11-8-16(19)22(23)31-21/h2,6-8,11,14-15,27,30-31H,3-5,9-10,12-13H2,1H3,(H,29,32). The Balaban J connectivity index is 1.69. The van der Waals surface area contributed by atoms with E-state index in [9.17, 15) is 9.18 Å². The van der Waals surface area contributed by atoms with Gasteiger partial charge in [-0.2, -0.15) is 0 Å². The van der Waals surface area contributed by atoms with Gasteiger partial charge in [-0.05, 0) is 50.6 Å². The number of anilines is 2. The van der Waals surface area contributed by atoms with Gasteiger partial charge in [0.2, 0.25) is 0 Å². The molecule has 4 N–H and O–H groups in total. The number of carbonyl (C=O) groups excluding carboxylic acids is 1. The van der Waals surface area contributed by atoms with E-state index < -0.39 is 5.82 Å². The van der Waals surface area contributed by atoms with Crippen LogP contribution in [0.2, 0.25) is 0 Å². The van der Waals surface area contributed by atoms with E-state index >= 15 is 0 Å². The second-order valence-electron chi connectivity index (χ2n) is 8.48. The Morgan fingerprint density at radius 3 is 3.00 bits per heavy atom. The molecule has 0 aliphatic carbocycles. The number of ether oxygens (including phenoxy) is 2. The summed E-state index contributed by atoms with van der Waals surface area (Å²) in [6.45, 7) is 2.87. The minimum Gasteiger partial charge on any atom is -0.492 e. The molecule has 3 aromatic rings. The molecule has 0 saturated carbocycles. The van der Waals surface area contributed by atoms with Crippen LogP contribution in [0.1, 0.15) is 41.2 Å². The van der Waals surface area contributed by atoms with Crippen molar-refractivity contribution in [3.8, 4) is 22.8 Å². The lowest BCUT2D eigenvalue weighted by atomic mass is 9.92. The number of hydrogen-bond acceptors (Lipinski definition) is 6. The number of nitrogens with one attached hydrogen (secondary N) is 4. The van der Waals surface area contributed by atoms with Gasteiger partial charge < -0.3 is 30.4 Å². The number of fused-ring (bicyclic) bond motifs is 3. The van der Waals surface area contributed by atoms with Crippen LogP contribution < -0.4 is 25.4 Å². The molecule has 0 fully saturated rings. The first kappa shape index (κ1) is 22.2. The monoisotopic (exact) mass is 465 g/mol. The number of aromatic nitrogens is 2. The van der Waals surface area contributed by atoms with Crippen LogP contribution in [0.25, 0.3) is 11.3 Å². The normalized spacial score (nSPS) is 18.2. The molecule has 0 spiro atoms. The lowest BCUT2D eigenvalue weighted by Gasteiger charge is -2.24. The molecule has 8 nitrogen and oxygen atoms in total. The highest BCUT2D eigenvalue weighted by Crippen LogP contribution is 2.44. The summed E-state index contributed by atoms with van der Waals surface area (Å²) in [5.41, 5.74) is 3.87. The van der Waals surface area contributed by atoms with Crippen LogP contribution in [-0.2, 0) is 0 Å². The van der Waals surface area contributed by atoms with Crippen molar-refractivity contribution in [1.82, 2.24) is 20.6 Å². The Morgan fingerprint density at radius 1 is 1.24 bits per heavy atom. The number of para-hydroxylation sites is 1. The molecule has 1 atom stereocenters. The van der Waals surface area contributed by atoms with E-state index in [-0.39, 0.29) is 17.6 Å². The molecular weight excluding hydrogens is 437 g/mol.